The quantitative estimate of drug-likeness (QED) is 0.796. The van der Waals surface area contributed by atoms with Crippen LogP contribution in [0.3, 0.4) is 0 Å². The summed E-state index contributed by atoms with van der Waals surface area (Å²) in [5, 5.41) is 19.4. The molecule has 0 aliphatic heterocycles. The van der Waals surface area contributed by atoms with Crippen LogP contribution in [0.5, 0.6) is 5.75 Å². The second-order valence-electron chi connectivity index (χ2n) is 4.72. The second-order valence-corrected chi connectivity index (χ2v) is 4.72. The molecule has 1 aromatic rings. The molecule has 106 valence electrons. The van der Waals surface area contributed by atoms with Crippen LogP contribution in [0.25, 0.3) is 0 Å². The molecule has 0 saturated heterocycles. The molecule has 0 heterocycles. The standard InChI is InChI=1S/C15H22O4/c1-4-10-19-13-8-6-12(7-9-13)11(3)15(18,5-2)14(16)17/h6-9,11,18H,4-5,10H2,1-3H3,(H,16,17). The first-order valence-electron chi connectivity index (χ1n) is 6.64. The van der Waals surface area contributed by atoms with Gasteiger partial charge in [0.05, 0.1) is 6.61 Å². The van der Waals surface area contributed by atoms with Gasteiger partial charge < -0.3 is 14.9 Å². The van der Waals surface area contributed by atoms with E-state index in [2.05, 4.69) is 0 Å². The van der Waals surface area contributed by atoms with Gasteiger partial charge in [-0.1, -0.05) is 32.9 Å². The number of aliphatic hydroxyl groups is 1. The maximum absolute atomic E-state index is 11.2. The van der Waals surface area contributed by atoms with Crippen molar-refractivity contribution in [1.29, 1.82) is 0 Å². The molecular formula is C15H22O4. The number of aliphatic carboxylic acids is 1. The Kier molecular flexibility index (Phi) is 5.36. The van der Waals surface area contributed by atoms with Crippen molar-refractivity contribution in [3.63, 3.8) is 0 Å². The van der Waals surface area contributed by atoms with Crippen LogP contribution in [0.15, 0.2) is 24.3 Å². The SMILES string of the molecule is CCCOc1ccc(C(C)C(O)(CC)C(=O)O)cc1. The molecule has 2 unspecified atom stereocenters. The Hall–Kier alpha value is -1.55. The van der Waals surface area contributed by atoms with Crippen molar-refractivity contribution in [2.24, 2.45) is 0 Å². The van der Waals surface area contributed by atoms with E-state index < -0.39 is 17.5 Å². The molecule has 2 atom stereocenters. The van der Waals surface area contributed by atoms with Gasteiger partial charge in [-0.3, -0.25) is 0 Å². The highest BCUT2D eigenvalue weighted by Crippen LogP contribution is 2.32. The zero-order chi connectivity index (χ0) is 14.5. The van der Waals surface area contributed by atoms with Crippen molar-refractivity contribution in [2.45, 2.75) is 45.1 Å². The van der Waals surface area contributed by atoms with Crippen LogP contribution >= 0.6 is 0 Å². The summed E-state index contributed by atoms with van der Waals surface area (Å²) in [6.45, 7) is 6.08. The number of carboxylic acid groups (broad SMARTS) is 1. The van der Waals surface area contributed by atoms with Gasteiger partial charge in [0.1, 0.15) is 5.75 Å². The fourth-order valence-electron chi connectivity index (χ4n) is 1.99. The van der Waals surface area contributed by atoms with E-state index in [0.29, 0.717) is 6.61 Å². The van der Waals surface area contributed by atoms with E-state index in [1.807, 2.05) is 6.92 Å². The van der Waals surface area contributed by atoms with Gasteiger partial charge in [-0.15, -0.1) is 0 Å². The summed E-state index contributed by atoms with van der Waals surface area (Å²) in [6.07, 6.45) is 1.10. The average Bonchev–Trinajstić information content (AvgIpc) is 2.43. The number of hydrogen-bond donors (Lipinski definition) is 2. The van der Waals surface area contributed by atoms with Gasteiger partial charge in [0, 0.05) is 5.92 Å². The first-order chi connectivity index (χ1) is 8.95. The van der Waals surface area contributed by atoms with Crippen molar-refractivity contribution < 1.29 is 19.7 Å². The van der Waals surface area contributed by atoms with Crippen molar-refractivity contribution in [3.05, 3.63) is 29.8 Å². The van der Waals surface area contributed by atoms with Crippen molar-refractivity contribution in [3.8, 4) is 5.75 Å². The Balaban J connectivity index is 2.88. The predicted molar refractivity (Wildman–Crippen MR) is 73.5 cm³/mol. The van der Waals surface area contributed by atoms with Gasteiger partial charge in [0.2, 0.25) is 0 Å². The van der Waals surface area contributed by atoms with Crippen LogP contribution in [-0.2, 0) is 4.79 Å². The number of carbonyl (C=O) groups is 1. The maximum atomic E-state index is 11.2. The second kappa shape index (κ2) is 6.57. The molecule has 0 aliphatic carbocycles. The molecule has 0 saturated carbocycles. The van der Waals surface area contributed by atoms with Crippen LogP contribution < -0.4 is 4.74 Å². The van der Waals surface area contributed by atoms with E-state index in [4.69, 9.17) is 9.84 Å². The lowest BCUT2D eigenvalue weighted by Gasteiger charge is -2.29. The van der Waals surface area contributed by atoms with Gasteiger partial charge in [0.25, 0.3) is 0 Å². The van der Waals surface area contributed by atoms with Crippen LogP contribution in [0.1, 0.15) is 45.1 Å². The summed E-state index contributed by atoms with van der Waals surface area (Å²) < 4.78 is 5.47. The molecule has 4 nitrogen and oxygen atoms in total. The molecule has 0 amide bonds. The van der Waals surface area contributed by atoms with E-state index >= 15 is 0 Å². The number of benzene rings is 1. The zero-order valence-corrected chi connectivity index (χ0v) is 11.7. The van der Waals surface area contributed by atoms with Crippen LogP contribution in [0, 0.1) is 0 Å². The zero-order valence-electron chi connectivity index (χ0n) is 11.7. The number of carboxylic acids is 1. The van der Waals surface area contributed by atoms with E-state index in [1.165, 1.54) is 0 Å². The third-order valence-corrected chi connectivity index (χ3v) is 3.48. The Labute approximate surface area is 114 Å². The molecule has 0 spiro atoms. The molecule has 0 aliphatic rings. The number of rotatable bonds is 7. The lowest BCUT2D eigenvalue weighted by molar-refractivity contribution is -0.161. The summed E-state index contributed by atoms with van der Waals surface area (Å²) in [6, 6.07) is 7.22. The van der Waals surface area contributed by atoms with Gasteiger partial charge in [-0.25, -0.2) is 4.79 Å². The first kappa shape index (κ1) is 15.5. The van der Waals surface area contributed by atoms with Gasteiger partial charge >= 0.3 is 5.97 Å². The molecule has 19 heavy (non-hydrogen) atoms. The highest BCUT2D eigenvalue weighted by molar-refractivity contribution is 5.78. The van der Waals surface area contributed by atoms with Gasteiger partial charge in [-0.05, 0) is 30.5 Å². The molecule has 0 fully saturated rings. The lowest BCUT2D eigenvalue weighted by Crippen LogP contribution is -2.42. The molecule has 2 N–H and O–H groups in total. The first-order valence-corrected chi connectivity index (χ1v) is 6.64. The highest BCUT2D eigenvalue weighted by Gasteiger charge is 2.40. The Morgan fingerprint density at radius 2 is 1.89 bits per heavy atom. The highest BCUT2D eigenvalue weighted by atomic mass is 16.5. The van der Waals surface area contributed by atoms with Gasteiger partial charge in [0.15, 0.2) is 5.60 Å². The fourth-order valence-corrected chi connectivity index (χ4v) is 1.99. The molecule has 0 bridgehead atoms. The fraction of sp³-hybridized carbons (Fsp3) is 0.533. The summed E-state index contributed by atoms with van der Waals surface area (Å²) in [4.78, 5) is 11.2. The smallest absolute Gasteiger partial charge is 0.336 e. The monoisotopic (exact) mass is 266 g/mol. The summed E-state index contributed by atoms with van der Waals surface area (Å²) in [5.41, 5.74) is -0.943. The molecule has 1 rings (SSSR count). The topological polar surface area (TPSA) is 66.8 Å². The van der Waals surface area contributed by atoms with Crippen LogP contribution in [-0.4, -0.2) is 28.4 Å². The number of ether oxygens (including phenoxy) is 1. The van der Waals surface area contributed by atoms with E-state index in [9.17, 15) is 9.90 Å². The predicted octanol–water partition coefficient (Wildman–Crippen LogP) is 2.80. The lowest BCUT2D eigenvalue weighted by atomic mass is 9.81. The Morgan fingerprint density at radius 3 is 2.32 bits per heavy atom. The largest absolute Gasteiger partial charge is 0.494 e. The van der Waals surface area contributed by atoms with E-state index in [0.717, 1.165) is 17.7 Å². The summed E-state index contributed by atoms with van der Waals surface area (Å²) in [5.74, 6) is -0.905. The van der Waals surface area contributed by atoms with E-state index in [-0.39, 0.29) is 6.42 Å². The summed E-state index contributed by atoms with van der Waals surface area (Å²) in [7, 11) is 0. The van der Waals surface area contributed by atoms with Crippen molar-refractivity contribution in [1.82, 2.24) is 0 Å². The summed E-state index contributed by atoms with van der Waals surface area (Å²) >= 11 is 0. The molecule has 0 radical (unpaired) electrons. The van der Waals surface area contributed by atoms with Crippen molar-refractivity contribution >= 4 is 5.97 Å². The minimum absolute atomic E-state index is 0.164. The third-order valence-electron chi connectivity index (χ3n) is 3.48. The molecule has 1 aromatic carbocycles. The minimum Gasteiger partial charge on any atom is -0.494 e. The minimum atomic E-state index is -1.73. The Morgan fingerprint density at radius 1 is 1.32 bits per heavy atom. The maximum Gasteiger partial charge on any atom is 0.336 e. The van der Waals surface area contributed by atoms with Crippen LogP contribution in [0.4, 0.5) is 0 Å². The molecule has 4 heteroatoms. The van der Waals surface area contributed by atoms with Gasteiger partial charge in [-0.2, -0.15) is 0 Å². The molecular weight excluding hydrogens is 244 g/mol. The molecule has 0 aromatic heterocycles. The van der Waals surface area contributed by atoms with Crippen molar-refractivity contribution in [2.75, 3.05) is 6.61 Å². The van der Waals surface area contributed by atoms with Crippen LogP contribution in [0.2, 0.25) is 0 Å². The van der Waals surface area contributed by atoms with E-state index in [1.54, 1.807) is 38.1 Å². The number of hydrogen-bond acceptors (Lipinski definition) is 3. The third kappa shape index (κ3) is 3.47. The average molecular weight is 266 g/mol. The normalized spacial score (nSPS) is 15.6. The Bertz CT molecular complexity index is 413.